The van der Waals surface area contributed by atoms with E-state index in [1.807, 2.05) is 13.8 Å². The largest absolute Gasteiger partial charge is 0.485 e. The Kier molecular flexibility index (Phi) is 4.31. The zero-order chi connectivity index (χ0) is 15.0. The van der Waals surface area contributed by atoms with E-state index in [0.717, 1.165) is 24.2 Å². The smallest absolute Gasteiger partial charge is 0.132 e. The first-order valence-corrected chi connectivity index (χ1v) is 7.66. The fourth-order valence-electron chi connectivity index (χ4n) is 3.11. The summed E-state index contributed by atoms with van der Waals surface area (Å²) in [6, 6.07) is 0. The first-order chi connectivity index (χ1) is 9.28. The van der Waals surface area contributed by atoms with Crippen LogP contribution in [0.4, 0.5) is 0 Å². The molecule has 0 aromatic carbocycles. The molecule has 0 aromatic heterocycles. The van der Waals surface area contributed by atoms with E-state index in [1.165, 1.54) is 0 Å². The summed E-state index contributed by atoms with van der Waals surface area (Å²) in [7, 11) is 0. The fraction of sp³-hybridized carbons (Fsp3) is 0.765. The van der Waals surface area contributed by atoms with Gasteiger partial charge < -0.3 is 14.6 Å². The van der Waals surface area contributed by atoms with Crippen LogP contribution in [-0.2, 0) is 9.47 Å². The Morgan fingerprint density at radius 2 is 2.10 bits per heavy atom. The monoisotopic (exact) mass is 280 g/mol. The lowest BCUT2D eigenvalue weighted by molar-refractivity contribution is -0.120. The van der Waals surface area contributed by atoms with Gasteiger partial charge in [-0.1, -0.05) is 19.9 Å². The Balaban J connectivity index is 2.46. The van der Waals surface area contributed by atoms with Crippen molar-refractivity contribution in [3.8, 4) is 0 Å². The second-order valence-corrected chi connectivity index (χ2v) is 6.96. The summed E-state index contributed by atoms with van der Waals surface area (Å²) in [5.41, 5.74) is 0.522. The van der Waals surface area contributed by atoms with Gasteiger partial charge in [0.25, 0.3) is 0 Å². The molecule has 0 saturated carbocycles. The molecule has 0 spiro atoms. The number of aliphatic hydroxyl groups excluding tert-OH is 1. The predicted octanol–water partition coefficient (Wildman–Crippen LogP) is 3.58. The zero-order valence-electron chi connectivity index (χ0n) is 13.4. The van der Waals surface area contributed by atoms with Crippen LogP contribution in [0.3, 0.4) is 0 Å². The molecule has 2 aliphatic heterocycles. The van der Waals surface area contributed by atoms with Crippen molar-refractivity contribution in [2.75, 3.05) is 6.61 Å². The number of aliphatic hydroxyl groups is 1. The number of fused-ring (bicyclic) bond motifs is 2. The molecule has 2 aliphatic rings. The van der Waals surface area contributed by atoms with Gasteiger partial charge in [0.2, 0.25) is 0 Å². The van der Waals surface area contributed by atoms with Gasteiger partial charge in [-0.25, -0.2) is 0 Å². The van der Waals surface area contributed by atoms with Crippen LogP contribution in [0.25, 0.3) is 0 Å². The standard InChI is InChI=1S/C17H28O3/c1-6-19-15-10-13-12(2)8-7-9-17(5,20-13)14(18)11-16(15,3)4/h8,10,14-15,18H,6-7,9,11H2,1-5H3/b13-10-/t14-,15-,17+/m0/s1. The first-order valence-electron chi connectivity index (χ1n) is 7.66. The molecule has 0 saturated heterocycles. The van der Waals surface area contributed by atoms with Gasteiger partial charge in [-0.15, -0.1) is 0 Å². The molecular weight excluding hydrogens is 252 g/mol. The molecule has 0 fully saturated rings. The summed E-state index contributed by atoms with van der Waals surface area (Å²) < 4.78 is 12.1. The lowest BCUT2D eigenvalue weighted by Crippen LogP contribution is -2.48. The van der Waals surface area contributed by atoms with Crippen LogP contribution >= 0.6 is 0 Å². The molecule has 0 radical (unpaired) electrons. The highest BCUT2D eigenvalue weighted by atomic mass is 16.5. The number of rotatable bonds is 2. The van der Waals surface area contributed by atoms with Crippen LogP contribution in [0.5, 0.6) is 0 Å². The van der Waals surface area contributed by atoms with Gasteiger partial charge in [0.05, 0.1) is 12.2 Å². The number of hydrogen-bond donors (Lipinski definition) is 1. The average molecular weight is 280 g/mol. The molecule has 0 amide bonds. The Labute approximate surface area is 122 Å². The van der Waals surface area contributed by atoms with E-state index in [-0.39, 0.29) is 11.5 Å². The summed E-state index contributed by atoms with van der Waals surface area (Å²) in [5, 5.41) is 10.7. The maximum Gasteiger partial charge on any atom is 0.132 e. The van der Waals surface area contributed by atoms with E-state index in [2.05, 4.69) is 32.9 Å². The van der Waals surface area contributed by atoms with Crippen molar-refractivity contribution in [3.05, 3.63) is 23.5 Å². The molecular formula is C17H28O3. The van der Waals surface area contributed by atoms with Gasteiger partial charge in [-0.3, -0.25) is 0 Å². The third-order valence-corrected chi connectivity index (χ3v) is 4.67. The van der Waals surface area contributed by atoms with Gasteiger partial charge in [0.1, 0.15) is 11.4 Å². The molecule has 0 aliphatic carbocycles. The molecule has 2 bridgehead atoms. The molecule has 3 heteroatoms. The maximum atomic E-state index is 10.7. The van der Waals surface area contributed by atoms with Crippen LogP contribution in [0.2, 0.25) is 0 Å². The van der Waals surface area contributed by atoms with Crippen LogP contribution in [0.15, 0.2) is 23.5 Å². The summed E-state index contributed by atoms with van der Waals surface area (Å²) in [5.74, 6) is 0.871. The van der Waals surface area contributed by atoms with Crippen molar-refractivity contribution in [2.24, 2.45) is 5.41 Å². The van der Waals surface area contributed by atoms with Crippen molar-refractivity contribution >= 4 is 0 Å². The van der Waals surface area contributed by atoms with Gasteiger partial charge in [-0.2, -0.15) is 0 Å². The number of ether oxygens (including phenoxy) is 2. The van der Waals surface area contributed by atoms with E-state index in [1.54, 1.807) is 0 Å². The molecule has 1 N–H and O–H groups in total. The molecule has 20 heavy (non-hydrogen) atoms. The summed E-state index contributed by atoms with van der Waals surface area (Å²) in [6.45, 7) is 11.1. The van der Waals surface area contributed by atoms with Crippen molar-refractivity contribution in [1.82, 2.24) is 0 Å². The number of allylic oxidation sites excluding steroid dienone is 2. The topological polar surface area (TPSA) is 38.7 Å². The fourth-order valence-corrected chi connectivity index (χ4v) is 3.11. The SMILES string of the molecule is CCO[C@H]1/C=C2\O[C@](C)(CCC=C2C)[C@@H](O)CC1(C)C. The van der Waals surface area contributed by atoms with Crippen molar-refractivity contribution < 1.29 is 14.6 Å². The third kappa shape index (κ3) is 2.94. The van der Waals surface area contributed by atoms with E-state index >= 15 is 0 Å². The zero-order valence-corrected chi connectivity index (χ0v) is 13.4. The molecule has 0 unspecified atom stereocenters. The minimum atomic E-state index is -0.505. The van der Waals surface area contributed by atoms with E-state index in [0.29, 0.717) is 13.0 Å². The van der Waals surface area contributed by atoms with Crippen molar-refractivity contribution in [3.63, 3.8) is 0 Å². The van der Waals surface area contributed by atoms with Crippen LogP contribution < -0.4 is 0 Å². The Morgan fingerprint density at radius 1 is 1.40 bits per heavy atom. The van der Waals surface area contributed by atoms with Gasteiger partial charge in [0.15, 0.2) is 0 Å². The normalized spacial score (nSPS) is 39.5. The predicted molar refractivity (Wildman–Crippen MR) is 80.4 cm³/mol. The molecule has 2 rings (SSSR count). The second-order valence-electron chi connectivity index (χ2n) is 6.96. The van der Waals surface area contributed by atoms with Gasteiger partial charge >= 0.3 is 0 Å². The molecule has 0 aromatic rings. The highest BCUT2D eigenvalue weighted by molar-refractivity contribution is 5.28. The minimum absolute atomic E-state index is 0.0388. The number of hydrogen-bond acceptors (Lipinski definition) is 3. The molecule has 2 heterocycles. The summed E-state index contributed by atoms with van der Waals surface area (Å²) in [6.07, 6.45) is 6.24. The lowest BCUT2D eigenvalue weighted by Gasteiger charge is -2.43. The van der Waals surface area contributed by atoms with Crippen molar-refractivity contribution in [1.29, 1.82) is 0 Å². The van der Waals surface area contributed by atoms with Crippen LogP contribution in [-0.4, -0.2) is 29.5 Å². The quantitative estimate of drug-likeness (QED) is 0.840. The highest BCUT2D eigenvalue weighted by Crippen LogP contribution is 2.42. The summed E-state index contributed by atoms with van der Waals surface area (Å²) in [4.78, 5) is 0. The minimum Gasteiger partial charge on any atom is -0.485 e. The van der Waals surface area contributed by atoms with Gasteiger partial charge in [0, 0.05) is 6.61 Å². The summed E-state index contributed by atoms with van der Waals surface area (Å²) >= 11 is 0. The highest BCUT2D eigenvalue weighted by Gasteiger charge is 2.44. The maximum absolute atomic E-state index is 10.7. The van der Waals surface area contributed by atoms with E-state index < -0.39 is 11.7 Å². The van der Waals surface area contributed by atoms with Crippen molar-refractivity contribution in [2.45, 2.75) is 71.7 Å². The van der Waals surface area contributed by atoms with Gasteiger partial charge in [-0.05, 0) is 57.1 Å². The van der Waals surface area contributed by atoms with Crippen LogP contribution in [0, 0.1) is 5.41 Å². The third-order valence-electron chi connectivity index (χ3n) is 4.67. The first kappa shape index (κ1) is 15.6. The van der Waals surface area contributed by atoms with E-state index in [9.17, 15) is 5.11 Å². The molecule has 3 atom stereocenters. The average Bonchev–Trinajstić information content (AvgIpc) is 2.49. The molecule has 114 valence electrons. The Hall–Kier alpha value is -0.800. The molecule has 3 nitrogen and oxygen atoms in total. The lowest BCUT2D eigenvalue weighted by atomic mass is 9.75. The van der Waals surface area contributed by atoms with E-state index in [4.69, 9.17) is 9.47 Å². The second kappa shape index (κ2) is 5.53. The Morgan fingerprint density at radius 3 is 2.75 bits per heavy atom. The Bertz CT molecular complexity index is 422. The van der Waals surface area contributed by atoms with Crippen LogP contribution in [0.1, 0.15) is 53.9 Å².